The van der Waals surface area contributed by atoms with E-state index in [1.54, 1.807) is 7.05 Å². The van der Waals surface area contributed by atoms with Crippen molar-refractivity contribution >= 4 is 29.9 Å². The molecule has 1 fully saturated rings. The van der Waals surface area contributed by atoms with E-state index in [4.69, 9.17) is 18.9 Å². The summed E-state index contributed by atoms with van der Waals surface area (Å²) in [6, 6.07) is 6.05. The van der Waals surface area contributed by atoms with Gasteiger partial charge in [0.25, 0.3) is 0 Å². The number of aliphatic imine (C=N–C) groups is 1. The van der Waals surface area contributed by atoms with Crippen LogP contribution in [0.25, 0.3) is 0 Å². The van der Waals surface area contributed by atoms with Crippen molar-refractivity contribution < 1.29 is 18.9 Å². The SMILES string of the molecule is CN=C(NCCCOCC1CCCO1)NCc1ccc2c(c1)OCCCO2.I. The molecule has 0 amide bonds. The second-order valence-electron chi connectivity index (χ2n) is 6.75. The van der Waals surface area contributed by atoms with E-state index >= 15 is 0 Å². The van der Waals surface area contributed by atoms with Gasteiger partial charge in [-0.15, -0.1) is 24.0 Å². The second kappa shape index (κ2) is 13.1. The highest BCUT2D eigenvalue weighted by Gasteiger charge is 2.15. The van der Waals surface area contributed by atoms with Crippen molar-refractivity contribution in [1.29, 1.82) is 0 Å². The third-order valence-corrected chi connectivity index (χ3v) is 4.58. The van der Waals surface area contributed by atoms with E-state index < -0.39 is 0 Å². The van der Waals surface area contributed by atoms with E-state index in [1.165, 1.54) is 0 Å². The van der Waals surface area contributed by atoms with Gasteiger partial charge in [-0.05, 0) is 37.0 Å². The van der Waals surface area contributed by atoms with Gasteiger partial charge in [-0.25, -0.2) is 0 Å². The maximum Gasteiger partial charge on any atom is 0.191 e. The number of hydrogen-bond donors (Lipinski definition) is 2. The van der Waals surface area contributed by atoms with Crippen LogP contribution in [0.5, 0.6) is 11.5 Å². The molecule has 28 heavy (non-hydrogen) atoms. The van der Waals surface area contributed by atoms with Gasteiger partial charge in [-0.3, -0.25) is 4.99 Å². The minimum Gasteiger partial charge on any atom is -0.490 e. The quantitative estimate of drug-likeness (QED) is 0.245. The number of halogens is 1. The molecule has 8 heteroatoms. The summed E-state index contributed by atoms with van der Waals surface area (Å²) < 4.78 is 22.6. The van der Waals surface area contributed by atoms with Gasteiger partial charge >= 0.3 is 0 Å². The van der Waals surface area contributed by atoms with Gasteiger partial charge in [0.1, 0.15) is 0 Å². The van der Waals surface area contributed by atoms with E-state index in [-0.39, 0.29) is 24.0 Å². The maximum atomic E-state index is 5.74. The lowest BCUT2D eigenvalue weighted by Gasteiger charge is -2.14. The first kappa shape index (κ1) is 23.0. The van der Waals surface area contributed by atoms with E-state index in [9.17, 15) is 0 Å². The van der Waals surface area contributed by atoms with Crippen LogP contribution in [0, 0.1) is 0 Å². The van der Waals surface area contributed by atoms with Crippen LogP contribution in [-0.2, 0) is 16.0 Å². The molecule has 0 aromatic heterocycles. The monoisotopic (exact) mass is 505 g/mol. The smallest absolute Gasteiger partial charge is 0.191 e. The van der Waals surface area contributed by atoms with Crippen molar-refractivity contribution in [3.8, 4) is 11.5 Å². The number of ether oxygens (including phenoxy) is 4. The van der Waals surface area contributed by atoms with Gasteiger partial charge < -0.3 is 29.6 Å². The molecule has 2 aliphatic rings. The Morgan fingerprint density at radius 2 is 2.00 bits per heavy atom. The summed E-state index contributed by atoms with van der Waals surface area (Å²) in [4.78, 5) is 4.26. The Morgan fingerprint density at radius 1 is 1.14 bits per heavy atom. The van der Waals surface area contributed by atoms with Crippen molar-refractivity contribution in [2.45, 2.75) is 38.3 Å². The molecule has 0 radical (unpaired) electrons. The van der Waals surface area contributed by atoms with Crippen LogP contribution >= 0.6 is 24.0 Å². The summed E-state index contributed by atoms with van der Waals surface area (Å²) in [5.74, 6) is 2.42. The highest BCUT2D eigenvalue weighted by atomic mass is 127. The molecule has 0 saturated carbocycles. The normalized spacial score (nSPS) is 18.9. The molecular formula is C20H32IN3O4. The fourth-order valence-corrected chi connectivity index (χ4v) is 3.10. The minimum absolute atomic E-state index is 0. The van der Waals surface area contributed by atoms with E-state index in [0.29, 0.717) is 32.5 Å². The van der Waals surface area contributed by atoms with Gasteiger partial charge in [0, 0.05) is 39.8 Å². The van der Waals surface area contributed by atoms with Crippen LogP contribution in [0.1, 0.15) is 31.2 Å². The van der Waals surface area contributed by atoms with Gasteiger partial charge in [-0.1, -0.05) is 6.07 Å². The predicted octanol–water partition coefficient (Wildman–Crippen LogP) is 2.72. The first-order chi connectivity index (χ1) is 13.3. The van der Waals surface area contributed by atoms with Crippen molar-refractivity contribution in [3.05, 3.63) is 23.8 Å². The fourth-order valence-electron chi connectivity index (χ4n) is 3.10. The lowest BCUT2D eigenvalue weighted by Crippen LogP contribution is -2.37. The molecule has 2 aliphatic heterocycles. The summed E-state index contributed by atoms with van der Waals surface area (Å²) in [6.07, 6.45) is 4.41. The average molecular weight is 505 g/mol. The zero-order chi connectivity index (χ0) is 18.7. The van der Waals surface area contributed by atoms with Crippen LogP contribution in [0.4, 0.5) is 0 Å². The van der Waals surface area contributed by atoms with Crippen molar-refractivity contribution in [1.82, 2.24) is 10.6 Å². The van der Waals surface area contributed by atoms with Gasteiger partial charge in [-0.2, -0.15) is 0 Å². The topological polar surface area (TPSA) is 73.3 Å². The van der Waals surface area contributed by atoms with E-state index in [1.807, 2.05) is 18.2 Å². The summed E-state index contributed by atoms with van der Waals surface area (Å²) in [6.45, 7) is 5.20. The van der Waals surface area contributed by atoms with Crippen molar-refractivity contribution in [2.75, 3.05) is 46.6 Å². The molecule has 3 rings (SSSR count). The molecule has 7 nitrogen and oxygen atoms in total. The largest absolute Gasteiger partial charge is 0.490 e. The van der Waals surface area contributed by atoms with Crippen LogP contribution in [0.15, 0.2) is 23.2 Å². The zero-order valence-electron chi connectivity index (χ0n) is 16.6. The van der Waals surface area contributed by atoms with Gasteiger partial charge in [0.2, 0.25) is 0 Å². The van der Waals surface area contributed by atoms with Crippen LogP contribution in [-0.4, -0.2) is 58.7 Å². The number of nitrogens with one attached hydrogen (secondary N) is 2. The third-order valence-electron chi connectivity index (χ3n) is 4.58. The highest BCUT2D eigenvalue weighted by Crippen LogP contribution is 2.30. The molecule has 1 atom stereocenters. The molecular weight excluding hydrogens is 473 g/mol. The Bertz CT molecular complexity index is 609. The molecule has 0 spiro atoms. The zero-order valence-corrected chi connectivity index (χ0v) is 18.9. The number of hydrogen-bond acceptors (Lipinski definition) is 5. The molecule has 0 aliphatic carbocycles. The van der Waals surface area contributed by atoms with Crippen molar-refractivity contribution in [3.63, 3.8) is 0 Å². The van der Waals surface area contributed by atoms with Crippen LogP contribution < -0.4 is 20.1 Å². The molecule has 2 N–H and O–H groups in total. The number of fused-ring (bicyclic) bond motifs is 1. The molecule has 1 aromatic carbocycles. The third kappa shape index (κ3) is 7.63. The Kier molecular flexibility index (Phi) is 10.7. The summed E-state index contributed by atoms with van der Waals surface area (Å²) >= 11 is 0. The standard InChI is InChI=1S/C20H31N3O4.HI/c1-21-20(22-8-3-9-24-15-17-5-2-10-25-17)23-14-16-6-7-18-19(13-16)27-12-4-11-26-18;/h6-7,13,17H,2-5,8-12,14-15H2,1H3,(H2,21,22,23);1H. The summed E-state index contributed by atoms with van der Waals surface area (Å²) in [5, 5.41) is 6.64. The molecule has 1 saturated heterocycles. The fraction of sp³-hybridized carbons (Fsp3) is 0.650. The Morgan fingerprint density at radius 3 is 2.79 bits per heavy atom. The summed E-state index contributed by atoms with van der Waals surface area (Å²) in [7, 11) is 1.78. The number of rotatable bonds is 8. The first-order valence-electron chi connectivity index (χ1n) is 9.87. The van der Waals surface area contributed by atoms with Crippen molar-refractivity contribution in [2.24, 2.45) is 4.99 Å². The van der Waals surface area contributed by atoms with Gasteiger partial charge in [0.05, 0.1) is 25.9 Å². The number of nitrogens with zero attached hydrogens (tertiary/aromatic N) is 1. The van der Waals surface area contributed by atoms with Crippen LogP contribution in [0.2, 0.25) is 0 Å². The molecule has 158 valence electrons. The average Bonchev–Trinajstić information content (AvgIpc) is 3.10. The van der Waals surface area contributed by atoms with Gasteiger partial charge in [0.15, 0.2) is 17.5 Å². The van der Waals surface area contributed by atoms with E-state index in [2.05, 4.69) is 15.6 Å². The highest BCUT2D eigenvalue weighted by molar-refractivity contribution is 14.0. The second-order valence-corrected chi connectivity index (χ2v) is 6.75. The molecule has 2 heterocycles. The first-order valence-corrected chi connectivity index (χ1v) is 9.87. The minimum atomic E-state index is 0. The Labute approximate surface area is 184 Å². The molecule has 1 unspecified atom stereocenters. The predicted molar refractivity (Wildman–Crippen MR) is 120 cm³/mol. The number of benzene rings is 1. The molecule has 0 bridgehead atoms. The Balaban J connectivity index is 0.00000280. The Hall–Kier alpha value is -1.26. The van der Waals surface area contributed by atoms with E-state index in [0.717, 1.165) is 68.5 Å². The lowest BCUT2D eigenvalue weighted by atomic mass is 10.2. The maximum absolute atomic E-state index is 5.74. The lowest BCUT2D eigenvalue weighted by molar-refractivity contribution is 0.0168. The number of guanidine groups is 1. The molecule has 1 aromatic rings. The van der Waals surface area contributed by atoms with Crippen LogP contribution in [0.3, 0.4) is 0 Å². The summed E-state index contributed by atoms with van der Waals surface area (Å²) in [5.41, 5.74) is 1.13.